The third kappa shape index (κ3) is 1.46. The lowest BCUT2D eigenvalue weighted by atomic mass is 9.85. The first-order valence-electron chi connectivity index (χ1n) is 7.32. The predicted molar refractivity (Wildman–Crippen MR) is 74.1 cm³/mol. The molecule has 2 aliphatic heterocycles. The van der Waals surface area contributed by atoms with Crippen molar-refractivity contribution in [3.05, 3.63) is 17.8 Å². The first-order chi connectivity index (χ1) is 8.83. The molecule has 3 heteroatoms. The molecule has 0 spiro atoms. The van der Waals surface area contributed by atoms with Gasteiger partial charge in [-0.1, -0.05) is 12.8 Å². The van der Waals surface area contributed by atoms with Gasteiger partial charge in [-0.25, -0.2) is 4.98 Å². The van der Waals surface area contributed by atoms with Gasteiger partial charge in [-0.3, -0.25) is 0 Å². The van der Waals surface area contributed by atoms with E-state index in [9.17, 15) is 0 Å². The quantitative estimate of drug-likeness (QED) is 0.759. The smallest absolute Gasteiger partial charge is 0.152 e. The standard InChI is InChI=1S/C15H21N3/c1-10-6-13-15(17-8-10)18-12(9-16-13)7-11-4-2-3-5-14(11)18/h6,8,11-12,14,16H,2-5,7,9H2,1H3. The van der Waals surface area contributed by atoms with Crippen LogP contribution in [0, 0.1) is 12.8 Å². The summed E-state index contributed by atoms with van der Waals surface area (Å²) in [7, 11) is 0. The van der Waals surface area contributed by atoms with E-state index in [1.54, 1.807) is 0 Å². The highest BCUT2D eigenvalue weighted by atomic mass is 15.3. The monoisotopic (exact) mass is 243 g/mol. The lowest BCUT2D eigenvalue weighted by Crippen LogP contribution is -2.45. The number of aromatic nitrogens is 1. The molecule has 1 saturated carbocycles. The van der Waals surface area contributed by atoms with E-state index in [4.69, 9.17) is 4.98 Å². The van der Waals surface area contributed by atoms with Crippen molar-refractivity contribution in [3.8, 4) is 0 Å². The Hall–Kier alpha value is -1.25. The van der Waals surface area contributed by atoms with Crippen LogP contribution in [0.3, 0.4) is 0 Å². The average Bonchev–Trinajstić information content (AvgIpc) is 2.77. The van der Waals surface area contributed by atoms with Gasteiger partial charge in [-0.2, -0.15) is 0 Å². The number of nitrogens with zero attached hydrogens (tertiary/aromatic N) is 2. The Morgan fingerprint density at radius 2 is 2.22 bits per heavy atom. The van der Waals surface area contributed by atoms with Gasteiger partial charge in [0.2, 0.25) is 0 Å². The molecule has 3 nitrogen and oxygen atoms in total. The minimum atomic E-state index is 0.681. The van der Waals surface area contributed by atoms with Crippen LogP contribution in [0.1, 0.15) is 37.7 Å². The molecule has 18 heavy (non-hydrogen) atoms. The third-order valence-corrected chi connectivity index (χ3v) is 4.97. The van der Waals surface area contributed by atoms with Gasteiger partial charge in [-0.05, 0) is 43.7 Å². The number of aryl methyl sites for hydroxylation is 1. The van der Waals surface area contributed by atoms with E-state index in [2.05, 4.69) is 23.2 Å². The molecular formula is C15H21N3. The van der Waals surface area contributed by atoms with Crippen LogP contribution in [-0.2, 0) is 0 Å². The van der Waals surface area contributed by atoms with Crippen LogP contribution < -0.4 is 10.2 Å². The second-order valence-electron chi connectivity index (χ2n) is 6.17. The van der Waals surface area contributed by atoms with Gasteiger partial charge in [0.1, 0.15) is 0 Å². The molecule has 4 rings (SSSR count). The first kappa shape index (κ1) is 10.7. The maximum absolute atomic E-state index is 4.72. The summed E-state index contributed by atoms with van der Waals surface area (Å²) < 4.78 is 0. The van der Waals surface area contributed by atoms with E-state index in [-0.39, 0.29) is 0 Å². The van der Waals surface area contributed by atoms with Crippen molar-refractivity contribution in [2.45, 2.75) is 51.1 Å². The van der Waals surface area contributed by atoms with Crippen molar-refractivity contribution >= 4 is 11.5 Å². The lowest BCUT2D eigenvalue weighted by molar-refractivity contribution is 0.341. The summed E-state index contributed by atoms with van der Waals surface area (Å²) in [6, 6.07) is 3.69. The number of fused-ring (bicyclic) bond motifs is 5. The van der Waals surface area contributed by atoms with Gasteiger partial charge >= 0.3 is 0 Å². The average molecular weight is 243 g/mol. The third-order valence-electron chi connectivity index (χ3n) is 4.97. The molecule has 0 amide bonds. The number of pyridine rings is 1. The Balaban J connectivity index is 1.75. The molecule has 0 bridgehead atoms. The van der Waals surface area contributed by atoms with Crippen molar-refractivity contribution in [1.29, 1.82) is 0 Å². The minimum absolute atomic E-state index is 0.681. The molecular weight excluding hydrogens is 222 g/mol. The Kier molecular flexibility index (Phi) is 2.29. The molecule has 2 fully saturated rings. The van der Waals surface area contributed by atoms with E-state index in [1.165, 1.54) is 49.2 Å². The molecule has 0 radical (unpaired) electrons. The summed E-state index contributed by atoms with van der Waals surface area (Å²) in [4.78, 5) is 7.36. The van der Waals surface area contributed by atoms with Crippen LogP contribution in [0.5, 0.6) is 0 Å². The van der Waals surface area contributed by atoms with Gasteiger partial charge < -0.3 is 10.2 Å². The van der Waals surface area contributed by atoms with Crippen LogP contribution in [0.4, 0.5) is 11.5 Å². The maximum atomic E-state index is 4.72. The zero-order chi connectivity index (χ0) is 12.1. The predicted octanol–water partition coefficient (Wildman–Crippen LogP) is 2.95. The van der Waals surface area contributed by atoms with Crippen LogP contribution in [0.15, 0.2) is 12.3 Å². The second kappa shape index (κ2) is 3.87. The topological polar surface area (TPSA) is 28.2 Å². The molecule has 3 unspecified atom stereocenters. The molecule has 3 heterocycles. The number of nitrogens with one attached hydrogen (secondary N) is 1. The minimum Gasteiger partial charge on any atom is -0.380 e. The van der Waals surface area contributed by atoms with Crippen molar-refractivity contribution in [3.63, 3.8) is 0 Å². The Bertz CT molecular complexity index is 471. The van der Waals surface area contributed by atoms with Crippen molar-refractivity contribution < 1.29 is 0 Å². The largest absolute Gasteiger partial charge is 0.380 e. The van der Waals surface area contributed by atoms with Crippen molar-refractivity contribution in [2.24, 2.45) is 5.92 Å². The van der Waals surface area contributed by atoms with Gasteiger partial charge in [0, 0.05) is 24.8 Å². The van der Waals surface area contributed by atoms with E-state index in [0.717, 1.165) is 18.5 Å². The molecule has 1 saturated heterocycles. The van der Waals surface area contributed by atoms with Crippen LogP contribution in [0.2, 0.25) is 0 Å². The number of hydrogen-bond donors (Lipinski definition) is 1. The summed E-state index contributed by atoms with van der Waals surface area (Å²) in [6.45, 7) is 3.22. The highest BCUT2D eigenvalue weighted by Crippen LogP contribution is 2.45. The zero-order valence-corrected chi connectivity index (χ0v) is 11.0. The van der Waals surface area contributed by atoms with Gasteiger partial charge in [0.25, 0.3) is 0 Å². The summed E-state index contributed by atoms with van der Waals surface area (Å²) in [6.07, 6.45) is 9.02. The second-order valence-corrected chi connectivity index (χ2v) is 6.17. The van der Waals surface area contributed by atoms with E-state index in [0.29, 0.717) is 6.04 Å². The molecule has 1 N–H and O–H groups in total. The summed E-state index contributed by atoms with van der Waals surface area (Å²) in [5.41, 5.74) is 2.50. The van der Waals surface area contributed by atoms with Crippen LogP contribution >= 0.6 is 0 Å². The fourth-order valence-electron chi connectivity index (χ4n) is 4.20. The fraction of sp³-hybridized carbons (Fsp3) is 0.667. The fourth-order valence-corrected chi connectivity index (χ4v) is 4.20. The SMILES string of the molecule is Cc1cnc2c(c1)NCC1CC3CCCCC3N21. The van der Waals surface area contributed by atoms with Gasteiger partial charge in [-0.15, -0.1) is 0 Å². The van der Waals surface area contributed by atoms with Gasteiger partial charge in [0.15, 0.2) is 5.82 Å². The van der Waals surface area contributed by atoms with Crippen LogP contribution in [-0.4, -0.2) is 23.6 Å². The maximum Gasteiger partial charge on any atom is 0.152 e. The zero-order valence-electron chi connectivity index (χ0n) is 11.0. The summed E-state index contributed by atoms with van der Waals surface area (Å²) in [5, 5.41) is 3.58. The van der Waals surface area contributed by atoms with Crippen molar-refractivity contribution in [2.75, 3.05) is 16.8 Å². The lowest BCUT2D eigenvalue weighted by Gasteiger charge is -2.39. The normalized spacial score (nSPS) is 33.4. The highest BCUT2D eigenvalue weighted by molar-refractivity contribution is 5.70. The Morgan fingerprint density at radius 3 is 3.17 bits per heavy atom. The molecule has 1 aromatic rings. The molecule has 3 aliphatic rings. The highest BCUT2D eigenvalue weighted by Gasteiger charge is 2.44. The molecule has 96 valence electrons. The number of anilines is 2. The summed E-state index contributed by atoms with van der Waals surface area (Å²) in [5.74, 6) is 2.13. The molecule has 3 atom stereocenters. The summed E-state index contributed by atoms with van der Waals surface area (Å²) >= 11 is 0. The van der Waals surface area contributed by atoms with Gasteiger partial charge in [0.05, 0.1) is 5.69 Å². The van der Waals surface area contributed by atoms with E-state index < -0.39 is 0 Å². The Labute approximate surface area is 109 Å². The van der Waals surface area contributed by atoms with Crippen LogP contribution in [0.25, 0.3) is 0 Å². The number of hydrogen-bond acceptors (Lipinski definition) is 3. The van der Waals surface area contributed by atoms with E-state index >= 15 is 0 Å². The Morgan fingerprint density at radius 1 is 1.33 bits per heavy atom. The molecule has 1 aliphatic carbocycles. The molecule has 0 aromatic carbocycles. The molecule has 1 aromatic heterocycles. The van der Waals surface area contributed by atoms with E-state index in [1.807, 2.05) is 6.20 Å². The van der Waals surface area contributed by atoms with Crippen molar-refractivity contribution in [1.82, 2.24) is 4.98 Å². The first-order valence-corrected chi connectivity index (χ1v) is 7.32. The number of rotatable bonds is 0.